The quantitative estimate of drug-likeness (QED) is 0.839. The second-order valence-electron chi connectivity index (χ2n) is 7.21. The first-order valence-corrected chi connectivity index (χ1v) is 9.55. The number of anilines is 1. The first-order chi connectivity index (χ1) is 13.4. The Morgan fingerprint density at radius 1 is 1.11 bits per heavy atom. The Hall–Kier alpha value is -2.89. The number of hydrogen-bond donors (Lipinski definition) is 1. The first kappa shape index (κ1) is 19.9. The van der Waals surface area contributed by atoms with E-state index in [0.29, 0.717) is 17.0 Å². The van der Waals surface area contributed by atoms with Gasteiger partial charge in [-0.1, -0.05) is 6.07 Å². The normalized spacial score (nSPS) is 19.2. The van der Waals surface area contributed by atoms with Crippen molar-refractivity contribution in [3.63, 3.8) is 0 Å². The van der Waals surface area contributed by atoms with Crippen LogP contribution < -0.4 is 10.1 Å². The Bertz CT molecular complexity index is 828. The summed E-state index contributed by atoms with van der Waals surface area (Å²) in [6.45, 7) is 4.11. The van der Waals surface area contributed by atoms with Gasteiger partial charge in [0.2, 0.25) is 0 Å². The molecule has 5 nitrogen and oxygen atoms in total. The second kappa shape index (κ2) is 8.87. The van der Waals surface area contributed by atoms with Crippen molar-refractivity contribution < 1.29 is 18.7 Å². The van der Waals surface area contributed by atoms with E-state index in [4.69, 9.17) is 4.74 Å². The standard InChI is InChI=1S/C22H25FN2O3/c1-15-5-3-6-16(2)25(15)21(26)14-28-20-11-9-17(10-12-20)22(27)24-19-8-4-7-18(23)13-19/h4,7-13,15-16H,3,5-6,14H2,1-2H3,(H,24,27). The molecule has 1 aliphatic heterocycles. The average Bonchev–Trinajstić information content (AvgIpc) is 2.66. The van der Waals surface area contributed by atoms with Gasteiger partial charge in [0.15, 0.2) is 6.61 Å². The van der Waals surface area contributed by atoms with Crippen LogP contribution in [0.15, 0.2) is 48.5 Å². The molecule has 0 radical (unpaired) electrons. The SMILES string of the molecule is CC1CCCC(C)N1C(=O)COc1ccc(C(=O)Nc2cccc(F)c2)cc1. The van der Waals surface area contributed by atoms with Crippen molar-refractivity contribution in [3.8, 4) is 5.75 Å². The van der Waals surface area contributed by atoms with Gasteiger partial charge in [0.05, 0.1) is 0 Å². The number of hydrogen-bond acceptors (Lipinski definition) is 3. The summed E-state index contributed by atoms with van der Waals surface area (Å²) in [5.41, 5.74) is 0.807. The van der Waals surface area contributed by atoms with E-state index in [1.165, 1.54) is 18.2 Å². The minimum Gasteiger partial charge on any atom is -0.484 e. The Labute approximate surface area is 164 Å². The summed E-state index contributed by atoms with van der Waals surface area (Å²) in [6.07, 6.45) is 3.18. The van der Waals surface area contributed by atoms with Gasteiger partial charge in [0.1, 0.15) is 11.6 Å². The van der Waals surface area contributed by atoms with Crippen LogP contribution >= 0.6 is 0 Å². The predicted molar refractivity (Wildman–Crippen MR) is 106 cm³/mol. The fraction of sp³-hybridized carbons (Fsp3) is 0.364. The summed E-state index contributed by atoms with van der Waals surface area (Å²) in [6, 6.07) is 12.7. The van der Waals surface area contributed by atoms with Crippen LogP contribution in [0.2, 0.25) is 0 Å². The predicted octanol–water partition coefficient (Wildman–Crippen LogP) is 4.25. The zero-order valence-corrected chi connectivity index (χ0v) is 16.2. The maximum absolute atomic E-state index is 13.2. The molecule has 1 heterocycles. The second-order valence-corrected chi connectivity index (χ2v) is 7.21. The number of carbonyl (C=O) groups excluding carboxylic acids is 2. The van der Waals surface area contributed by atoms with E-state index in [0.717, 1.165) is 19.3 Å². The third-order valence-corrected chi connectivity index (χ3v) is 5.04. The Morgan fingerprint density at radius 3 is 2.43 bits per heavy atom. The third kappa shape index (κ3) is 4.88. The lowest BCUT2D eigenvalue weighted by Crippen LogP contribution is -2.49. The van der Waals surface area contributed by atoms with Crippen LogP contribution in [0.25, 0.3) is 0 Å². The number of rotatable bonds is 5. The van der Waals surface area contributed by atoms with E-state index in [-0.39, 0.29) is 30.5 Å². The molecule has 1 N–H and O–H groups in total. The molecule has 1 saturated heterocycles. The summed E-state index contributed by atoms with van der Waals surface area (Å²) in [4.78, 5) is 26.7. The van der Waals surface area contributed by atoms with Crippen molar-refractivity contribution in [1.29, 1.82) is 0 Å². The molecule has 0 aliphatic carbocycles. The van der Waals surface area contributed by atoms with Crippen molar-refractivity contribution in [1.82, 2.24) is 4.90 Å². The van der Waals surface area contributed by atoms with E-state index >= 15 is 0 Å². The van der Waals surface area contributed by atoms with Gasteiger partial charge in [-0.15, -0.1) is 0 Å². The van der Waals surface area contributed by atoms with Gasteiger partial charge in [-0.2, -0.15) is 0 Å². The van der Waals surface area contributed by atoms with Crippen LogP contribution in [0.3, 0.4) is 0 Å². The third-order valence-electron chi connectivity index (χ3n) is 5.04. The monoisotopic (exact) mass is 384 g/mol. The topological polar surface area (TPSA) is 58.6 Å². The number of benzene rings is 2. The molecule has 0 bridgehead atoms. The van der Waals surface area contributed by atoms with Gasteiger partial charge in [-0.05, 0) is 75.6 Å². The first-order valence-electron chi connectivity index (χ1n) is 9.55. The largest absolute Gasteiger partial charge is 0.484 e. The molecular formula is C22H25FN2O3. The molecule has 2 aromatic rings. The highest BCUT2D eigenvalue weighted by molar-refractivity contribution is 6.04. The van der Waals surface area contributed by atoms with Gasteiger partial charge in [0.25, 0.3) is 11.8 Å². The number of halogens is 1. The minimum atomic E-state index is -0.413. The molecule has 1 aliphatic rings. The van der Waals surface area contributed by atoms with Gasteiger partial charge in [-0.25, -0.2) is 4.39 Å². The maximum Gasteiger partial charge on any atom is 0.260 e. The van der Waals surface area contributed by atoms with Gasteiger partial charge < -0.3 is 15.0 Å². The summed E-state index contributed by atoms with van der Waals surface area (Å²) in [5, 5.41) is 2.64. The summed E-state index contributed by atoms with van der Waals surface area (Å²) >= 11 is 0. The summed E-state index contributed by atoms with van der Waals surface area (Å²) in [7, 11) is 0. The fourth-order valence-corrected chi connectivity index (χ4v) is 3.60. The Kier molecular flexibility index (Phi) is 6.29. The van der Waals surface area contributed by atoms with Crippen LogP contribution in [0.4, 0.5) is 10.1 Å². The molecule has 0 spiro atoms. The molecule has 0 aromatic heterocycles. The van der Waals surface area contributed by atoms with Crippen LogP contribution in [0.1, 0.15) is 43.5 Å². The van der Waals surface area contributed by atoms with E-state index in [1.807, 2.05) is 4.90 Å². The molecule has 3 rings (SSSR count). The van der Waals surface area contributed by atoms with Crippen LogP contribution in [0, 0.1) is 5.82 Å². The van der Waals surface area contributed by atoms with Gasteiger partial charge in [-0.3, -0.25) is 9.59 Å². The molecule has 6 heteroatoms. The number of nitrogens with one attached hydrogen (secondary N) is 1. The Morgan fingerprint density at radius 2 is 1.79 bits per heavy atom. The maximum atomic E-state index is 13.2. The Balaban J connectivity index is 1.55. The molecule has 2 amide bonds. The number of nitrogens with zero attached hydrogens (tertiary/aromatic N) is 1. The number of carbonyl (C=O) groups is 2. The highest BCUT2D eigenvalue weighted by atomic mass is 19.1. The van der Waals surface area contributed by atoms with E-state index in [2.05, 4.69) is 19.2 Å². The molecule has 2 unspecified atom stereocenters. The number of ether oxygens (including phenoxy) is 1. The molecule has 148 valence electrons. The van der Waals surface area contributed by atoms with Gasteiger partial charge >= 0.3 is 0 Å². The van der Waals surface area contributed by atoms with Crippen LogP contribution in [-0.2, 0) is 4.79 Å². The van der Waals surface area contributed by atoms with Crippen molar-refractivity contribution in [2.75, 3.05) is 11.9 Å². The summed E-state index contributed by atoms with van der Waals surface area (Å²) < 4.78 is 18.8. The zero-order chi connectivity index (χ0) is 20.1. The van der Waals surface area contributed by atoms with Crippen LogP contribution in [0.5, 0.6) is 5.75 Å². The van der Waals surface area contributed by atoms with E-state index in [9.17, 15) is 14.0 Å². The lowest BCUT2D eigenvalue weighted by Gasteiger charge is -2.38. The van der Waals surface area contributed by atoms with E-state index in [1.54, 1.807) is 30.3 Å². The minimum absolute atomic E-state index is 0.0207. The van der Waals surface area contributed by atoms with Crippen molar-refractivity contribution in [2.45, 2.75) is 45.2 Å². The van der Waals surface area contributed by atoms with Crippen molar-refractivity contribution >= 4 is 17.5 Å². The van der Waals surface area contributed by atoms with Crippen molar-refractivity contribution in [2.24, 2.45) is 0 Å². The molecule has 2 aromatic carbocycles. The highest BCUT2D eigenvalue weighted by Gasteiger charge is 2.28. The average molecular weight is 384 g/mol. The van der Waals surface area contributed by atoms with Crippen LogP contribution in [-0.4, -0.2) is 35.4 Å². The molecule has 0 saturated carbocycles. The molecular weight excluding hydrogens is 359 g/mol. The van der Waals surface area contributed by atoms with Crippen molar-refractivity contribution in [3.05, 3.63) is 59.9 Å². The smallest absolute Gasteiger partial charge is 0.260 e. The van der Waals surface area contributed by atoms with Gasteiger partial charge in [0, 0.05) is 23.3 Å². The van der Waals surface area contributed by atoms with E-state index < -0.39 is 5.82 Å². The number of piperidine rings is 1. The number of likely N-dealkylation sites (tertiary alicyclic amines) is 1. The fourth-order valence-electron chi connectivity index (χ4n) is 3.60. The lowest BCUT2D eigenvalue weighted by atomic mass is 9.97. The molecule has 1 fully saturated rings. The summed E-state index contributed by atoms with van der Waals surface area (Å²) in [5.74, 6) is -0.256. The lowest BCUT2D eigenvalue weighted by molar-refractivity contribution is -0.139. The molecule has 2 atom stereocenters. The number of amides is 2. The highest BCUT2D eigenvalue weighted by Crippen LogP contribution is 2.23. The molecule has 28 heavy (non-hydrogen) atoms. The zero-order valence-electron chi connectivity index (χ0n) is 16.2.